The van der Waals surface area contributed by atoms with Gasteiger partial charge in [-0.15, -0.1) is 0 Å². The standard InChI is InChI=1S/C13H17BN2/c1-2-3-9-12-13(14)15-10-16(12)11-7-5-4-6-8-11/h3,5,7-10H,2,4,6,14H2,1H3/b9-3-. The summed E-state index contributed by atoms with van der Waals surface area (Å²) in [6.45, 7) is 2.15. The Morgan fingerprint density at radius 3 is 3.06 bits per heavy atom. The summed E-state index contributed by atoms with van der Waals surface area (Å²) in [6, 6.07) is 0. The van der Waals surface area contributed by atoms with E-state index < -0.39 is 0 Å². The second kappa shape index (κ2) is 5.02. The molecule has 1 heterocycles. The second-order valence-corrected chi connectivity index (χ2v) is 4.00. The minimum Gasteiger partial charge on any atom is -0.300 e. The molecule has 1 aliphatic rings. The summed E-state index contributed by atoms with van der Waals surface area (Å²) in [6.07, 6.45) is 16.2. The van der Waals surface area contributed by atoms with E-state index in [1.807, 2.05) is 6.33 Å². The van der Waals surface area contributed by atoms with Crippen molar-refractivity contribution < 1.29 is 0 Å². The largest absolute Gasteiger partial charge is 0.300 e. The normalized spacial score (nSPS) is 15.7. The number of imidazole rings is 1. The molecule has 0 radical (unpaired) electrons. The van der Waals surface area contributed by atoms with E-state index in [4.69, 9.17) is 0 Å². The molecule has 1 aliphatic carbocycles. The minimum absolute atomic E-state index is 1.06. The minimum atomic E-state index is 1.06. The second-order valence-electron chi connectivity index (χ2n) is 4.00. The molecule has 0 fully saturated rings. The lowest BCUT2D eigenvalue weighted by Crippen LogP contribution is -2.09. The molecule has 0 spiro atoms. The van der Waals surface area contributed by atoms with Crippen LogP contribution in [0.2, 0.25) is 0 Å². The van der Waals surface area contributed by atoms with Gasteiger partial charge in [0.25, 0.3) is 0 Å². The number of hydrogen-bond acceptors (Lipinski definition) is 1. The monoisotopic (exact) mass is 212 g/mol. The molecule has 0 amide bonds. The van der Waals surface area contributed by atoms with Gasteiger partial charge < -0.3 is 4.57 Å². The quantitative estimate of drug-likeness (QED) is 0.698. The van der Waals surface area contributed by atoms with Gasteiger partial charge in [-0.25, -0.2) is 0 Å². The van der Waals surface area contributed by atoms with Crippen molar-refractivity contribution >= 4 is 25.2 Å². The van der Waals surface area contributed by atoms with Crippen molar-refractivity contribution in [1.82, 2.24) is 9.55 Å². The fourth-order valence-corrected chi connectivity index (χ4v) is 1.86. The maximum atomic E-state index is 4.38. The van der Waals surface area contributed by atoms with Gasteiger partial charge in [-0.1, -0.05) is 25.2 Å². The zero-order valence-electron chi connectivity index (χ0n) is 9.98. The van der Waals surface area contributed by atoms with Crippen molar-refractivity contribution in [3.63, 3.8) is 0 Å². The third kappa shape index (κ3) is 2.18. The molecule has 0 N–H and O–H groups in total. The van der Waals surface area contributed by atoms with Crippen LogP contribution >= 0.6 is 0 Å². The van der Waals surface area contributed by atoms with Crippen LogP contribution in [0.3, 0.4) is 0 Å². The van der Waals surface area contributed by atoms with E-state index in [1.54, 1.807) is 0 Å². The van der Waals surface area contributed by atoms with E-state index in [1.165, 1.54) is 11.4 Å². The van der Waals surface area contributed by atoms with Crippen LogP contribution in [0.5, 0.6) is 0 Å². The van der Waals surface area contributed by atoms with Crippen LogP contribution in [0.25, 0.3) is 11.8 Å². The number of hydrogen-bond donors (Lipinski definition) is 0. The molecule has 0 unspecified atom stereocenters. The Hall–Kier alpha value is -1.51. The lowest BCUT2D eigenvalue weighted by atomic mass is 10.0. The predicted molar refractivity (Wildman–Crippen MR) is 72.4 cm³/mol. The van der Waals surface area contributed by atoms with E-state index in [0.29, 0.717) is 0 Å². The highest BCUT2D eigenvalue weighted by molar-refractivity contribution is 6.32. The van der Waals surface area contributed by atoms with E-state index in [2.05, 4.69) is 54.7 Å². The fourth-order valence-electron chi connectivity index (χ4n) is 1.86. The first kappa shape index (κ1) is 11.0. The lowest BCUT2D eigenvalue weighted by Gasteiger charge is -2.10. The first-order chi connectivity index (χ1) is 7.83. The summed E-state index contributed by atoms with van der Waals surface area (Å²) in [7, 11) is 2.05. The van der Waals surface area contributed by atoms with Crippen molar-refractivity contribution in [2.45, 2.75) is 26.2 Å². The SMILES string of the molecule is Bc1ncn(C2=CCCC=C2)c1/C=C\CC. The molecule has 3 heteroatoms. The van der Waals surface area contributed by atoms with Crippen LogP contribution in [0.15, 0.2) is 30.6 Å². The summed E-state index contributed by atoms with van der Waals surface area (Å²) in [5, 5.41) is 0. The Balaban J connectivity index is 2.37. The van der Waals surface area contributed by atoms with E-state index in [0.717, 1.165) is 24.9 Å². The molecular formula is C13H17BN2. The molecule has 1 aromatic rings. The predicted octanol–water partition coefficient (Wildman–Crippen LogP) is 1.76. The van der Waals surface area contributed by atoms with Gasteiger partial charge in [0.2, 0.25) is 0 Å². The van der Waals surface area contributed by atoms with Gasteiger partial charge in [-0.3, -0.25) is 4.98 Å². The Labute approximate surface area is 97.8 Å². The maximum absolute atomic E-state index is 4.38. The number of nitrogens with zero attached hydrogens (tertiary/aromatic N) is 2. The molecule has 2 nitrogen and oxygen atoms in total. The van der Waals surface area contributed by atoms with Gasteiger partial charge >= 0.3 is 0 Å². The third-order valence-electron chi connectivity index (χ3n) is 2.76. The zero-order chi connectivity index (χ0) is 11.4. The molecule has 82 valence electrons. The topological polar surface area (TPSA) is 17.8 Å². The van der Waals surface area contributed by atoms with Crippen molar-refractivity contribution in [3.8, 4) is 0 Å². The highest BCUT2D eigenvalue weighted by Crippen LogP contribution is 2.16. The number of allylic oxidation sites excluding steroid dienone is 5. The molecule has 0 saturated heterocycles. The van der Waals surface area contributed by atoms with Gasteiger partial charge in [0.1, 0.15) is 0 Å². The smallest absolute Gasteiger partial charge is 0.166 e. The summed E-state index contributed by atoms with van der Waals surface area (Å²) < 4.78 is 2.16. The average Bonchev–Trinajstić information content (AvgIpc) is 2.69. The van der Waals surface area contributed by atoms with Gasteiger partial charge in [-0.05, 0) is 31.4 Å². The van der Waals surface area contributed by atoms with Gasteiger partial charge in [0, 0.05) is 11.3 Å². The van der Waals surface area contributed by atoms with E-state index >= 15 is 0 Å². The molecule has 16 heavy (non-hydrogen) atoms. The van der Waals surface area contributed by atoms with Crippen molar-refractivity contribution in [1.29, 1.82) is 0 Å². The van der Waals surface area contributed by atoms with Crippen molar-refractivity contribution in [3.05, 3.63) is 36.3 Å². The van der Waals surface area contributed by atoms with Crippen molar-refractivity contribution in [2.24, 2.45) is 0 Å². The summed E-state index contributed by atoms with van der Waals surface area (Å²) >= 11 is 0. The van der Waals surface area contributed by atoms with Crippen LogP contribution in [-0.2, 0) is 0 Å². The van der Waals surface area contributed by atoms with Crippen LogP contribution in [0.4, 0.5) is 0 Å². The molecule has 0 atom stereocenters. The fraction of sp³-hybridized carbons (Fsp3) is 0.308. The first-order valence-corrected chi connectivity index (χ1v) is 5.90. The van der Waals surface area contributed by atoms with Crippen LogP contribution in [-0.4, -0.2) is 17.4 Å². The Kier molecular flexibility index (Phi) is 3.45. The van der Waals surface area contributed by atoms with Crippen LogP contribution in [0.1, 0.15) is 31.9 Å². The van der Waals surface area contributed by atoms with E-state index in [9.17, 15) is 0 Å². The van der Waals surface area contributed by atoms with Crippen LogP contribution < -0.4 is 5.59 Å². The highest BCUT2D eigenvalue weighted by atomic mass is 15.1. The Morgan fingerprint density at radius 2 is 2.38 bits per heavy atom. The molecule has 0 aromatic carbocycles. The molecule has 0 aliphatic heterocycles. The average molecular weight is 212 g/mol. The summed E-state index contributed by atoms with van der Waals surface area (Å²) in [5.41, 5.74) is 3.52. The molecule has 0 saturated carbocycles. The molecule has 2 rings (SSSR count). The third-order valence-corrected chi connectivity index (χ3v) is 2.76. The van der Waals surface area contributed by atoms with Crippen molar-refractivity contribution in [2.75, 3.05) is 0 Å². The molecule has 1 aromatic heterocycles. The lowest BCUT2D eigenvalue weighted by molar-refractivity contribution is 0.992. The zero-order valence-corrected chi connectivity index (χ0v) is 9.98. The Morgan fingerprint density at radius 1 is 1.50 bits per heavy atom. The molecular weight excluding hydrogens is 195 g/mol. The summed E-state index contributed by atoms with van der Waals surface area (Å²) in [4.78, 5) is 4.38. The van der Waals surface area contributed by atoms with Crippen LogP contribution in [0, 0.1) is 0 Å². The highest BCUT2D eigenvalue weighted by Gasteiger charge is 2.07. The molecule has 0 bridgehead atoms. The van der Waals surface area contributed by atoms with Gasteiger partial charge in [0.15, 0.2) is 7.85 Å². The summed E-state index contributed by atoms with van der Waals surface area (Å²) in [5.74, 6) is 0. The van der Waals surface area contributed by atoms with Gasteiger partial charge in [0.05, 0.1) is 12.0 Å². The maximum Gasteiger partial charge on any atom is 0.166 e. The Bertz CT molecular complexity index is 452. The number of rotatable bonds is 3. The van der Waals surface area contributed by atoms with E-state index in [-0.39, 0.29) is 0 Å². The number of aromatic nitrogens is 2. The van der Waals surface area contributed by atoms with Gasteiger partial charge in [-0.2, -0.15) is 0 Å². The first-order valence-electron chi connectivity index (χ1n) is 5.90.